The highest BCUT2D eigenvalue weighted by Crippen LogP contribution is 2.26. The SMILES string of the molecule is CC(=O)N1CCCC(O)(CN2CCC(Cn3cnc(C(C)C)cc3=O)CC2)C1. The van der Waals surface area contributed by atoms with Crippen LogP contribution in [0.5, 0.6) is 0 Å². The van der Waals surface area contributed by atoms with E-state index in [9.17, 15) is 14.7 Å². The van der Waals surface area contributed by atoms with Gasteiger partial charge in [-0.15, -0.1) is 0 Å². The summed E-state index contributed by atoms with van der Waals surface area (Å²) >= 11 is 0. The van der Waals surface area contributed by atoms with E-state index in [1.807, 2.05) is 13.8 Å². The van der Waals surface area contributed by atoms with Crippen LogP contribution in [0.3, 0.4) is 0 Å². The molecule has 2 saturated heterocycles. The molecular formula is C21H34N4O3. The summed E-state index contributed by atoms with van der Waals surface area (Å²) in [4.78, 5) is 32.5. The van der Waals surface area contributed by atoms with Gasteiger partial charge in [0.15, 0.2) is 0 Å². The fourth-order valence-corrected chi connectivity index (χ4v) is 4.42. The van der Waals surface area contributed by atoms with Crippen LogP contribution in [0, 0.1) is 5.92 Å². The number of amides is 1. The van der Waals surface area contributed by atoms with Crippen molar-refractivity contribution in [2.75, 3.05) is 32.7 Å². The minimum absolute atomic E-state index is 0.0296. The number of rotatable bonds is 5. The molecule has 3 rings (SSSR count). The van der Waals surface area contributed by atoms with Crippen LogP contribution in [-0.2, 0) is 11.3 Å². The maximum Gasteiger partial charge on any atom is 0.253 e. The van der Waals surface area contributed by atoms with E-state index >= 15 is 0 Å². The minimum Gasteiger partial charge on any atom is -0.387 e. The summed E-state index contributed by atoms with van der Waals surface area (Å²) in [5, 5.41) is 11.0. The van der Waals surface area contributed by atoms with Crippen LogP contribution >= 0.6 is 0 Å². The van der Waals surface area contributed by atoms with Crippen molar-refractivity contribution in [3.05, 3.63) is 28.4 Å². The molecule has 2 aliphatic heterocycles. The smallest absolute Gasteiger partial charge is 0.253 e. The standard InChI is InChI=1S/C21H34N4O3/c1-16(2)19-11-20(27)25(15-22-19)12-18-5-9-23(10-6-18)13-21(28)7-4-8-24(14-21)17(3)26/h11,15-16,18,28H,4-10,12-14H2,1-3H3. The molecule has 2 aliphatic rings. The van der Waals surface area contributed by atoms with Gasteiger partial charge in [-0.05, 0) is 50.6 Å². The molecule has 1 N–H and O–H groups in total. The van der Waals surface area contributed by atoms with Crippen molar-refractivity contribution in [1.82, 2.24) is 19.4 Å². The number of nitrogens with zero attached hydrogens (tertiary/aromatic N) is 4. The summed E-state index contributed by atoms with van der Waals surface area (Å²) < 4.78 is 1.73. The zero-order valence-electron chi connectivity index (χ0n) is 17.4. The topological polar surface area (TPSA) is 78.7 Å². The van der Waals surface area contributed by atoms with Crippen molar-refractivity contribution in [3.8, 4) is 0 Å². The monoisotopic (exact) mass is 390 g/mol. The predicted molar refractivity (Wildman–Crippen MR) is 108 cm³/mol. The Balaban J connectivity index is 1.51. The van der Waals surface area contributed by atoms with Crippen LogP contribution in [0.4, 0.5) is 0 Å². The van der Waals surface area contributed by atoms with Crippen LogP contribution < -0.4 is 5.56 Å². The molecule has 0 aromatic carbocycles. The summed E-state index contributed by atoms with van der Waals surface area (Å²) in [5.41, 5.74) is 0.0722. The lowest BCUT2D eigenvalue weighted by Crippen LogP contribution is -2.56. The van der Waals surface area contributed by atoms with Crippen LogP contribution in [0.15, 0.2) is 17.2 Å². The van der Waals surface area contributed by atoms with Gasteiger partial charge in [0.1, 0.15) is 0 Å². The maximum absolute atomic E-state index is 12.3. The zero-order valence-corrected chi connectivity index (χ0v) is 17.4. The molecule has 1 aromatic heterocycles. The molecule has 0 aliphatic carbocycles. The second-order valence-electron chi connectivity index (χ2n) is 8.95. The summed E-state index contributed by atoms with van der Waals surface area (Å²) in [6, 6.07) is 1.65. The van der Waals surface area contributed by atoms with E-state index in [0.29, 0.717) is 25.6 Å². The lowest BCUT2D eigenvalue weighted by atomic mass is 9.90. The Labute approximate surface area is 167 Å². The highest BCUT2D eigenvalue weighted by atomic mass is 16.3. The van der Waals surface area contributed by atoms with Gasteiger partial charge >= 0.3 is 0 Å². The average Bonchev–Trinajstić information content (AvgIpc) is 2.64. The van der Waals surface area contributed by atoms with Crippen LogP contribution in [0.2, 0.25) is 0 Å². The Morgan fingerprint density at radius 1 is 1.32 bits per heavy atom. The normalized spacial score (nSPS) is 24.7. The number of aliphatic hydroxyl groups is 1. The van der Waals surface area contributed by atoms with Gasteiger partial charge in [0, 0.05) is 32.6 Å². The van der Waals surface area contributed by atoms with E-state index < -0.39 is 5.60 Å². The number of β-amino-alcohol motifs (C(OH)–C–C–N with tert-alkyl or cyclic N) is 1. The molecule has 0 saturated carbocycles. The molecule has 0 radical (unpaired) electrons. The van der Waals surface area contributed by atoms with Crippen LogP contribution in [-0.4, -0.2) is 68.7 Å². The number of hydrogen-bond donors (Lipinski definition) is 1. The Bertz CT molecular complexity index is 739. The number of likely N-dealkylation sites (tertiary alicyclic amines) is 2. The van der Waals surface area contributed by atoms with Crippen LogP contribution in [0.25, 0.3) is 0 Å². The first-order valence-corrected chi connectivity index (χ1v) is 10.5. The molecule has 156 valence electrons. The maximum atomic E-state index is 12.3. The van der Waals surface area contributed by atoms with Gasteiger partial charge in [-0.1, -0.05) is 13.8 Å². The molecule has 1 atom stereocenters. The van der Waals surface area contributed by atoms with Crippen molar-refractivity contribution >= 4 is 5.91 Å². The van der Waals surface area contributed by atoms with Gasteiger partial charge < -0.3 is 14.9 Å². The summed E-state index contributed by atoms with van der Waals surface area (Å²) in [6.45, 7) is 9.99. The van der Waals surface area contributed by atoms with Gasteiger partial charge in [-0.2, -0.15) is 0 Å². The molecule has 1 aromatic rings. The fraction of sp³-hybridized carbons (Fsp3) is 0.762. The first kappa shape index (κ1) is 21.0. The highest BCUT2D eigenvalue weighted by Gasteiger charge is 2.36. The first-order valence-electron chi connectivity index (χ1n) is 10.5. The molecule has 1 amide bonds. The quantitative estimate of drug-likeness (QED) is 0.823. The van der Waals surface area contributed by atoms with E-state index in [1.165, 1.54) is 0 Å². The molecule has 1 unspecified atom stereocenters. The van der Waals surface area contributed by atoms with E-state index in [-0.39, 0.29) is 17.4 Å². The number of hydrogen-bond acceptors (Lipinski definition) is 5. The van der Waals surface area contributed by atoms with Gasteiger partial charge in [0.05, 0.1) is 24.2 Å². The zero-order chi connectivity index (χ0) is 20.3. The van der Waals surface area contributed by atoms with E-state index in [0.717, 1.165) is 51.0 Å². The summed E-state index contributed by atoms with van der Waals surface area (Å²) in [7, 11) is 0. The average molecular weight is 391 g/mol. The third-order valence-electron chi connectivity index (χ3n) is 6.17. The van der Waals surface area contributed by atoms with Crippen molar-refractivity contribution in [1.29, 1.82) is 0 Å². The van der Waals surface area contributed by atoms with Gasteiger partial charge in [0.25, 0.3) is 5.56 Å². The van der Waals surface area contributed by atoms with Crippen molar-refractivity contribution in [2.45, 2.75) is 64.5 Å². The molecule has 28 heavy (non-hydrogen) atoms. The molecular weight excluding hydrogens is 356 g/mol. The predicted octanol–water partition coefficient (Wildman–Crippen LogP) is 1.45. The second-order valence-corrected chi connectivity index (χ2v) is 8.95. The molecule has 0 spiro atoms. The molecule has 2 fully saturated rings. The molecule has 7 heteroatoms. The van der Waals surface area contributed by atoms with Crippen molar-refractivity contribution in [2.24, 2.45) is 5.92 Å². The number of carbonyl (C=O) groups excluding carboxylic acids is 1. The third kappa shape index (κ3) is 5.20. The molecule has 0 bridgehead atoms. The Morgan fingerprint density at radius 2 is 2.04 bits per heavy atom. The number of piperidine rings is 2. The highest BCUT2D eigenvalue weighted by molar-refractivity contribution is 5.73. The Kier molecular flexibility index (Phi) is 6.55. The Morgan fingerprint density at radius 3 is 2.64 bits per heavy atom. The second kappa shape index (κ2) is 8.74. The van der Waals surface area contributed by atoms with Gasteiger partial charge in [0.2, 0.25) is 5.91 Å². The molecule has 7 nitrogen and oxygen atoms in total. The summed E-state index contributed by atoms with van der Waals surface area (Å²) in [6.07, 6.45) is 5.30. The minimum atomic E-state index is -0.801. The van der Waals surface area contributed by atoms with Crippen molar-refractivity contribution < 1.29 is 9.90 Å². The first-order chi connectivity index (χ1) is 13.3. The van der Waals surface area contributed by atoms with Crippen molar-refractivity contribution in [3.63, 3.8) is 0 Å². The lowest BCUT2D eigenvalue weighted by Gasteiger charge is -2.43. The van der Waals surface area contributed by atoms with E-state index in [2.05, 4.69) is 9.88 Å². The number of carbonyl (C=O) groups is 1. The van der Waals surface area contributed by atoms with Gasteiger partial charge in [-0.25, -0.2) is 4.98 Å². The largest absolute Gasteiger partial charge is 0.387 e. The van der Waals surface area contributed by atoms with Crippen LogP contribution in [0.1, 0.15) is 58.1 Å². The third-order valence-corrected chi connectivity index (χ3v) is 6.17. The summed E-state index contributed by atoms with van der Waals surface area (Å²) in [5.74, 6) is 0.754. The fourth-order valence-electron chi connectivity index (χ4n) is 4.42. The van der Waals surface area contributed by atoms with E-state index in [1.54, 1.807) is 28.8 Å². The van der Waals surface area contributed by atoms with E-state index in [4.69, 9.17) is 0 Å². The Hall–Kier alpha value is -1.73. The molecule has 3 heterocycles. The lowest BCUT2D eigenvalue weighted by molar-refractivity contribution is -0.137. The number of aromatic nitrogens is 2. The van der Waals surface area contributed by atoms with Gasteiger partial charge in [-0.3, -0.25) is 14.2 Å².